The summed E-state index contributed by atoms with van der Waals surface area (Å²) in [5.41, 5.74) is -1.42. The Labute approximate surface area is 75.1 Å². The maximum Gasteiger partial charge on any atom is 0.430 e. The minimum atomic E-state index is -4.80. The van der Waals surface area contributed by atoms with Crippen molar-refractivity contribution >= 4 is 0 Å². The normalized spacial score (nSPS) is 19.1. The minimum Gasteiger partial charge on any atom is -0.362 e. The fourth-order valence-electron chi connectivity index (χ4n) is 0.800. The minimum absolute atomic E-state index is 0.537. The second-order valence-corrected chi connectivity index (χ2v) is 2.47. The van der Waals surface area contributed by atoms with Gasteiger partial charge in [-0.15, -0.1) is 0 Å². The van der Waals surface area contributed by atoms with E-state index in [2.05, 4.69) is 0 Å². The van der Waals surface area contributed by atoms with E-state index in [0.29, 0.717) is 18.2 Å². The zero-order valence-electron chi connectivity index (χ0n) is 6.50. The molecule has 1 heterocycles. The summed E-state index contributed by atoms with van der Waals surface area (Å²) in [5.74, 6) is 0. The number of allylic oxidation sites excluding steroid dienone is 3. The van der Waals surface area contributed by atoms with Crippen molar-refractivity contribution in [2.75, 3.05) is 0 Å². The quantitative estimate of drug-likeness (QED) is 0.614. The number of dihydropyridines is 1. The Morgan fingerprint density at radius 2 is 1.50 bits per heavy atom. The summed E-state index contributed by atoms with van der Waals surface area (Å²) in [5, 5.41) is 1.27. The molecule has 0 aliphatic carbocycles. The fraction of sp³-hybridized carbons (Fsp3) is 0.286. The number of hydrogen-bond acceptors (Lipinski definition) is 1. The Bertz CT molecular complexity index is 271. The molecule has 79 valence electrons. The molecule has 1 nitrogen and oxygen atoms in total. The van der Waals surface area contributed by atoms with Crippen LogP contribution in [0, 0.1) is 6.04 Å². The highest BCUT2D eigenvalue weighted by atomic mass is 19.4. The molecule has 0 aromatic rings. The summed E-state index contributed by atoms with van der Waals surface area (Å²) < 4.78 is 71.7. The highest BCUT2D eigenvalue weighted by Crippen LogP contribution is 2.33. The lowest BCUT2D eigenvalue weighted by molar-refractivity contribution is -0.123. The average molecular weight is 216 g/mol. The van der Waals surface area contributed by atoms with Crippen molar-refractivity contribution in [2.45, 2.75) is 12.4 Å². The summed E-state index contributed by atoms with van der Waals surface area (Å²) in [6.45, 7) is 0. The molecule has 7 heteroatoms. The molecule has 0 saturated heterocycles. The Morgan fingerprint density at radius 1 is 0.929 bits per heavy atom. The van der Waals surface area contributed by atoms with Crippen LogP contribution in [0.15, 0.2) is 23.9 Å². The second kappa shape index (κ2) is 3.21. The summed E-state index contributed by atoms with van der Waals surface area (Å²) >= 11 is 0. The van der Waals surface area contributed by atoms with Crippen molar-refractivity contribution in [1.29, 1.82) is 0 Å². The van der Waals surface area contributed by atoms with Gasteiger partial charge in [-0.05, 0) is 12.2 Å². The molecule has 1 aliphatic rings. The molecule has 0 bridgehead atoms. The monoisotopic (exact) mass is 216 g/mol. The summed E-state index contributed by atoms with van der Waals surface area (Å²) in [7, 11) is 0. The van der Waals surface area contributed by atoms with E-state index in [-0.39, 0.29) is 0 Å². The summed E-state index contributed by atoms with van der Waals surface area (Å²) in [6.07, 6.45) is -7.84. The maximum absolute atomic E-state index is 12.0. The van der Waals surface area contributed by atoms with E-state index in [4.69, 9.17) is 0 Å². The van der Waals surface area contributed by atoms with Crippen LogP contribution in [-0.2, 0) is 0 Å². The van der Waals surface area contributed by atoms with Gasteiger partial charge in [0.2, 0.25) is 0 Å². The predicted octanol–water partition coefficient (Wildman–Crippen LogP) is 2.69. The van der Waals surface area contributed by atoms with Crippen LogP contribution in [0.25, 0.3) is 0 Å². The van der Waals surface area contributed by atoms with Gasteiger partial charge in [-0.25, -0.2) is 0 Å². The molecule has 1 rings (SSSR count). The third-order valence-electron chi connectivity index (χ3n) is 1.41. The van der Waals surface area contributed by atoms with Crippen LogP contribution in [0.2, 0.25) is 0 Å². The van der Waals surface area contributed by atoms with E-state index in [9.17, 15) is 26.3 Å². The Hall–Kier alpha value is -1.14. The van der Waals surface area contributed by atoms with Gasteiger partial charge in [0.1, 0.15) is 5.70 Å². The van der Waals surface area contributed by atoms with Gasteiger partial charge in [-0.1, -0.05) is 6.08 Å². The Balaban J connectivity index is 2.80. The molecule has 1 aliphatic heterocycles. The first-order chi connectivity index (χ1) is 6.21. The summed E-state index contributed by atoms with van der Waals surface area (Å²) in [4.78, 5) is 0. The van der Waals surface area contributed by atoms with E-state index >= 15 is 0 Å². The summed E-state index contributed by atoms with van der Waals surface area (Å²) in [6, 6.07) is -1.42. The van der Waals surface area contributed by atoms with E-state index in [0.717, 1.165) is 0 Å². The lowest BCUT2D eigenvalue weighted by atomic mass is 10.1. The number of halogens is 6. The van der Waals surface area contributed by atoms with E-state index in [1.165, 1.54) is 5.32 Å². The number of nitrogens with one attached hydrogen (secondary N) is 1. The number of alkyl halides is 6. The highest BCUT2D eigenvalue weighted by Gasteiger charge is 2.45. The molecular weight excluding hydrogens is 212 g/mol. The van der Waals surface area contributed by atoms with Crippen molar-refractivity contribution in [3.05, 3.63) is 30.0 Å². The largest absolute Gasteiger partial charge is 0.430 e. The zero-order valence-corrected chi connectivity index (χ0v) is 6.50. The molecule has 0 aromatic heterocycles. The topological polar surface area (TPSA) is 12.0 Å². The smallest absolute Gasteiger partial charge is 0.362 e. The van der Waals surface area contributed by atoms with Crippen molar-refractivity contribution in [3.63, 3.8) is 0 Å². The molecule has 0 atom stereocenters. The van der Waals surface area contributed by atoms with Gasteiger partial charge < -0.3 is 5.32 Å². The lowest BCUT2D eigenvalue weighted by Gasteiger charge is -2.23. The second-order valence-electron chi connectivity index (χ2n) is 2.47. The molecule has 0 unspecified atom stereocenters. The van der Waals surface area contributed by atoms with Crippen molar-refractivity contribution in [1.82, 2.24) is 5.32 Å². The molecule has 14 heavy (non-hydrogen) atoms. The van der Waals surface area contributed by atoms with E-state index in [1.807, 2.05) is 0 Å². The van der Waals surface area contributed by atoms with Gasteiger partial charge in [-0.2, -0.15) is 26.3 Å². The van der Waals surface area contributed by atoms with Gasteiger partial charge in [0.05, 0.1) is 0 Å². The molecule has 0 aromatic carbocycles. The molecule has 0 fully saturated rings. The number of rotatable bonds is 0. The van der Waals surface area contributed by atoms with Gasteiger partial charge in [0.15, 0.2) is 6.04 Å². The zero-order chi connectivity index (χ0) is 11.0. The third-order valence-corrected chi connectivity index (χ3v) is 1.41. The predicted molar refractivity (Wildman–Crippen MR) is 35.7 cm³/mol. The van der Waals surface area contributed by atoms with Crippen molar-refractivity contribution in [2.24, 2.45) is 0 Å². The standard InChI is InChI=1S/C7H4F6N/c8-6(9,10)4-2-1-3-5(14-4)7(11,12)13/h1-3,14H. The molecule has 0 saturated carbocycles. The molecule has 1 radical (unpaired) electrons. The number of hydrogen-bond donors (Lipinski definition) is 1. The SMILES string of the molecule is FC(F)(F)[C]1C=CC=C(C(F)(F)F)N1. The third kappa shape index (κ3) is 2.43. The van der Waals surface area contributed by atoms with Gasteiger partial charge in [0, 0.05) is 0 Å². The van der Waals surface area contributed by atoms with Crippen LogP contribution in [0.3, 0.4) is 0 Å². The molecular formula is C7H4F6N. The highest BCUT2D eigenvalue weighted by molar-refractivity contribution is 5.31. The maximum atomic E-state index is 12.0. The first kappa shape index (κ1) is 10.9. The Kier molecular flexibility index (Phi) is 2.51. The van der Waals surface area contributed by atoms with Crippen molar-refractivity contribution in [3.8, 4) is 0 Å². The average Bonchev–Trinajstić information content (AvgIpc) is 2.01. The molecule has 1 N–H and O–H groups in total. The van der Waals surface area contributed by atoms with Crippen molar-refractivity contribution < 1.29 is 26.3 Å². The first-order valence-electron chi connectivity index (χ1n) is 3.38. The molecule has 0 amide bonds. The van der Waals surface area contributed by atoms with Gasteiger partial charge in [0.25, 0.3) is 0 Å². The fourth-order valence-corrected chi connectivity index (χ4v) is 0.800. The van der Waals surface area contributed by atoms with Crippen LogP contribution in [0.4, 0.5) is 26.3 Å². The first-order valence-corrected chi connectivity index (χ1v) is 3.38. The van der Waals surface area contributed by atoms with E-state index < -0.39 is 24.1 Å². The Morgan fingerprint density at radius 3 is 1.93 bits per heavy atom. The lowest BCUT2D eigenvalue weighted by Crippen LogP contribution is -2.38. The van der Waals surface area contributed by atoms with Crippen LogP contribution >= 0.6 is 0 Å². The van der Waals surface area contributed by atoms with Crippen LogP contribution in [-0.4, -0.2) is 12.4 Å². The van der Waals surface area contributed by atoms with Crippen LogP contribution < -0.4 is 5.32 Å². The van der Waals surface area contributed by atoms with Gasteiger partial charge >= 0.3 is 12.4 Å². The van der Waals surface area contributed by atoms with E-state index in [1.54, 1.807) is 0 Å². The molecule has 0 spiro atoms. The van der Waals surface area contributed by atoms with Crippen LogP contribution in [0.5, 0.6) is 0 Å². The van der Waals surface area contributed by atoms with Gasteiger partial charge in [-0.3, -0.25) is 0 Å². The van der Waals surface area contributed by atoms with Crippen LogP contribution in [0.1, 0.15) is 0 Å².